The van der Waals surface area contributed by atoms with Crippen molar-refractivity contribution in [2.75, 3.05) is 30.3 Å². The highest BCUT2D eigenvalue weighted by Gasteiger charge is 2.23. The van der Waals surface area contributed by atoms with Crippen molar-refractivity contribution < 1.29 is 14.3 Å². The number of carbonyl (C=O) groups is 2. The van der Waals surface area contributed by atoms with Gasteiger partial charge in [0.05, 0.1) is 6.61 Å². The first-order valence-corrected chi connectivity index (χ1v) is 9.50. The fourth-order valence-electron chi connectivity index (χ4n) is 3.21. The molecule has 0 saturated carbocycles. The molecular formula is C21H26N4O3. The second kappa shape index (κ2) is 9.75. The van der Waals surface area contributed by atoms with Gasteiger partial charge in [0.15, 0.2) is 0 Å². The molecule has 3 rings (SSSR count). The zero-order chi connectivity index (χ0) is 19.8. The highest BCUT2D eigenvalue weighted by atomic mass is 16.5. The number of ether oxygens (including phenoxy) is 1. The Hall–Kier alpha value is -3.06. The Balaban J connectivity index is 1.42. The van der Waals surface area contributed by atoms with E-state index in [4.69, 9.17) is 4.74 Å². The number of likely N-dealkylation sites (tertiary alicyclic amines) is 1. The molecule has 2 aromatic rings. The van der Waals surface area contributed by atoms with Crippen molar-refractivity contribution >= 4 is 23.5 Å². The Labute approximate surface area is 165 Å². The van der Waals surface area contributed by atoms with Crippen LogP contribution in [0.3, 0.4) is 0 Å². The molecule has 7 heteroatoms. The second-order valence-electron chi connectivity index (χ2n) is 6.73. The number of amides is 3. The molecule has 2 aromatic carbocycles. The average Bonchev–Trinajstić information content (AvgIpc) is 3.11. The first kappa shape index (κ1) is 19.7. The third-order valence-corrected chi connectivity index (χ3v) is 4.52. The van der Waals surface area contributed by atoms with Crippen molar-refractivity contribution in [1.29, 1.82) is 0 Å². The van der Waals surface area contributed by atoms with E-state index < -0.39 is 6.09 Å². The molecule has 148 valence electrons. The summed E-state index contributed by atoms with van der Waals surface area (Å²) >= 11 is 0. The molecule has 0 radical (unpaired) electrons. The molecule has 1 atom stereocenters. The van der Waals surface area contributed by atoms with Crippen molar-refractivity contribution in [3.63, 3.8) is 0 Å². The first-order valence-electron chi connectivity index (χ1n) is 9.50. The summed E-state index contributed by atoms with van der Waals surface area (Å²) < 4.78 is 4.83. The largest absolute Gasteiger partial charge is 0.450 e. The minimum atomic E-state index is -0.498. The third-order valence-electron chi connectivity index (χ3n) is 4.52. The summed E-state index contributed by atoms with van der Waals surface area (Å²) in [6, 6.07) is 17.1. The standard InChI is InChI=1S/C21H26N4O3/c1-2-28-21(27)24-18-10-8-17(9-11-18)22-20(26)23-19-12-13-25(15-19)14-16-6-4-3-5-7-16/h3-11,19H,2,12-15H2,1H3,(H,24,27)(H2,22,23,26)/t19-/m0/s1. The normalized spacial score (nSPS) is 16.4. The van der Waals surface area contributed by atoms with Gasteiger partial charge in [-0.15, -0.1) is 0 Å². The lowest BCUT2D eigenvalue weighted by Gasteiger charge is -2.17. The molecule has 1 heterocycles. The topological polar surface area (TPSA) is 82.7 Å². The molecule has 0 unspecified atom stereocenters. The zero-order valence-electron chi connectivity index (χ0n) is 16.0. The average molecular weight is 382 g/mol. The Kier molecular flexibility index (Phi) is 6.86. The van der Waals surface area contributed by atoms with Crippen LogP contribution in [0, 0.1) is 0 Å². The summed E-state index contributed by atoms with van der Waals surface area (Å²) in [7, 11) is 0. The molecule has 0 aromatic heterocycles. The van der Waals surface area contributed by atoms with Gasteiger partial charge in [-0.05, 0) is 43.2 Å². The quantitative estimate of drug-likeness (QED) is 0.712. The number of hydrogen-bond donors (Lipinski definition) is 3. The van der Waals surface area contributed by atoms with Gasteiger partial charge in [-0.1, -0.05) is 30.3 Å². The SMILES string of the molecule is CCOC(=O)Nc1ccc(NC(=O)N[C@H]2CCN(Cc3ccccc3)C2)cc1. The van der Waals surface area contributed by atoms with Crippen molar-refractivity contribution in [3.8, 4) is 0 Å². The fraction of sp³-hybridized carbons (Fsp3) is 0.333. The van der Waals surface area contributed by atoms with Gasteiger partial charge in [-0.2, -0.15) is 0 Å². The summed E-state index contributed by atoms with van der Waals surface area (Å²) in [5, 5.41) is 8.46. The molecule has 3 amide bonds. The fourth-order valence-corrected chi connectivity index (χ4v) is 3.21. The lowest BCUT2D eigenvalue weighted by molar-refractivity contribution is 0.168. The number of nitrogens with one attached hydrogen (secondary N) is 3. The molecule has 1 fully saturated rings. The van der Waals surface area contributed by atoms with Gasteiger partial charge in [0.1, 0.15) is 0 Å². The Morgan fingerprint density at radius 2 is 1.71 bits per heavy atom. The summed E-state index contributed by atoms with van der Waals surface area (Å²) in [5.41, 5.74) is 2.55. The smallest absolute Gasteiger partial charge is 0.411 e. The van der Waals surface area contributed by atoms with E-state index in [9.17, 15) is 9.59 Å². The molecule has 0 aliphatic carbocycles. The van der Waals surface area contributed by atoms with E-state index >= 15 is 0 Å². The van der Waals surface area contributed by atoms with E-state index in [2.05, 4.69) is 33.0 Å². The van der Waals surface area contributed by atoms with Crippen LogP contribution in [0.5, 0.6) is 0 Å². The van der Waals surface area contributed by atoms with Crippen LogP contribution >= 0.6 is 0 Å². The van der Waals surface area contributed by atoms with Gasteiger partial charge in [-0.25, -0.2) is 9.59 Å². The molecule has 1 aliphatic rings. The summed E-state index contributed by atoms with van der Waals surface area (Å²) in [6.07, 6.45) is 0.435. The number of anilines is 2. The van der Waals surface area contributed by atoms with Crippen LogP contribution in [-0.4, -0.2) is 42.8 Å². The molecule has 1 aliphatic heterocycles. The minimum absolute atomic E-state index is 0.133. The summed E-state index contributed by atoms with van der Waals surface area (Å²) in [6.45, 7) is 4.76. The van der Waals surface area contributed by atoms with Crippen molar-refractivity contribution in [2.45, 2.75) is 25.9 Å². The maximum atomic E-state index is 12.3. The van der Waals surface area contributed by atoms with E-state index in [0.29, 0.717) is 18.0 Å². The third kappa shape index (κ3) is 5.99. The van der Waals surface area contributed by atoms with Gasteiger partial charge in [0.25, 0.3) is 0 Å². The molecular weight excluding hydrogens is 356 g/mol. The predicted octanol–water partition coefficient (Wildman–Crippen LogP) is 3.65. The van der Waals surface area contributed by atoms with Gasteiger partial charge >= 0.3 is 12.1 Å². The van der Waals surface area contributed by atoms with E-state index in [1.54, 1.807) is 31.2 Å². The number of hydrogen-bond acceptors (Lipinski definition) is 4. The number of rotatable bonds is 6. The van der Waals surface area contributed by atoms with Crippen molar-refractivity contribution in [1.82, 2.24) is 10.2 Å². The minimum Gasteiger partial charge on any atom is -0.450 e. The van der Waals surface area contributed by atoms with Crippen LogP contribution in [0.15, 0.2) is 54.6 Å². The molecule has 3 N–H and O–H groups in total. The van der Waals surface area contributed by atoms with Gasteiger partial charge < -0.3 is 15.4 Å². The van der Waals surface area contributed by atoms with E-state index in [1.807, 2.05) is 18.2 Å². The zero-order valence-corrected chi connectivity index (χ0v) is 16.0. The van der Waals surface area contributed by atoms with Gasteiger partial charge in [0, 0.05) is 37.1 Å². The van der Waals surface area contributed by atoms with Crippen LogP contribution in [0.1, 0.15) is 18.9 Å². The Bertz CT molecular complexity index is 780. The Morgan fingerprint density at radius 3 is 2.39 bits per heavy atom. The number of nitrogens with zero attached hydrogens (tertiary/aromatic N) is 1. The molecule has 0 bridgehead atoms. The summed E-state index contributed by atoms with van der Waals surface area (Å²) in [5.74, 6) is 0. The lowest BCUT2D eigenvalue weighted by atomic mass is 10.2. The highest BCUT2D eigenvalue weighted by molar-refractivity contribution is 5.90. The highest BCUT2D eigenvalue weighted by Crippen LogP contribution is 2.15. The second-order valence-corrected chi connectivity index (χ2v) is 6.73. The van der Waals surface area contributed by atoms with Crippen LogP contribution in [-0.2, 0) is 11.3 Å². The van der Waals surface area contributed by atoms with Crippen LogP contribution in [0.4, 0.5) is 21.0 Å². The molecule has 0 spiro atoms. The van der Waals surface area contributed by atoms with E-state index in [1.165, 1.54) is 5.56 Å². The van der Waals surface area contributed by atoms with E-state index in [-0.39, 0.29) is 12.1 Å². The number of carbonyl (C=O) groups excluding carboxylic acids is 2. The van der Waals surface area contributed by atoms with E-state index in [0.717, 1.165) is 26.1 Å². The molecule has 1 saturated heterocycles. The van der Waals surface area contributed by atoms with Crippen molar-refractivity contribution in [2.24, 2.45) is 0 Å². The maximum absolute atomic E-state index is 12.3. The van der Waals surface area contributed by atoms with Gasteiger partial charge in [-0.3, -0.25) is 10.2 Å². The summed E-state index contributed by atoms with van der Waals surface area (Å²) in [4.78, 5) is 26.0. The monoisotopic (exact) mass is 382 g/mol. The van der Waals surface area contributed by atoms with Crippen LogP contribution < -0.4 is 16.0 Å². The van der Waals surface area contributed by atoms with Gasteiger partial charge in [0.2, 0.25) is 0 Å². The molecule has 28 heavy (non-hydrogen) atoms. The number of urea groups is 1. The Morgan fingerprint density at radius 1 is 1.04 bits per heavy atom. The molecule has 7 nitrogen and oxygen atoms in total. The van der Waals surface area contributed by atoms with Crippen LogP contribution in [0.25, 0.3) is 0 Å². The van der Waals surface area contributed by atoms with Crippen LogP contribution in [0.2, 0.25) is 0 Å². The predicted molar refractivity (Wildman–Crippen MR) is 109 cm³/mol. The number of benzene rings is 2. The van der Waals surface area contributed by atoms with Crippen molar-refractivity contribution in [3.05, 3.63) is 60.2 Å². The first-order chi connectivity index (χ1) is 13.6. The lowest BCUT2D eigenvalue weighted by Crippen LogP contribution is -2.39. The maximum Gasteiger partial charge on any atom is 0.411 e.